The smallest absolute Gasteiger partial charge is 0.134 e. The van der Waals surface area contributed by atoms with Crippen LogP contribution in [-0.4, -0.2) is 11.1 Å². The van der Waals surface area contributed by atoms with E-state index in [1.54, 1.807) is 6.92 Å². The molecule has 4 aliphatic carbocycles. The maximum absolute atomic E-state index is 9.67. The van der Waals surface area contributed by atoms with Crippen molar-refractivity contribution in [3.05, 3.63) is 47.7 Å². The number of nitrogens with one attached hydrogen (secondary N) is 1. The quantitative estimate of drug-likeness (QED) is 0.677. The van der Waals surface area contributed by atoms with E-state index < -0.39 is 6.10 Å². The minimum Gasteiger partial charge on any atom is -0.460 e. The molecule has 0 aliphatic heterocycles. The molecule has 0 radical (unpaired) electrons. The van der Waals surface area contributed by atoms with Crippen molar-refractivity contribution in [2.24, 2.45) is 23.2 Å². The first-order valence-electron chi connectivity index (χ1n) is 11.1. The molecule has 4 fully saturated rings. The van der Waals surface area contributed by atoms with Gasteiger partial charge in [-0.3, -0.25) is 0 Å². The minimum absolute atomic E-state index is 0.434. The third-order valence-electron chi connectivity index (χ3n) is 7.93. The molecule has 4 bridgehead atoms. The lowest BCUT2D eigenvalue weighted by molar-refractivity contribution is -0.0708. The fraction of sp³-hybridized carbons (Fsp3) is 0.600. The Kier molecular flexibility index (Phi) is 4.64. The van der Waals surface area contributed by atoms with Crippen LogP contribution in [0.25, 0.3) is 11.3 Å². The Balaban J connectivity index is 1.23. The van der Waals surface area contributed by atoms with E-state index in [0.29, 0.717) is 11.5 Å². The van der Waals surface area contributed by atoms with E-state index in [2.05, 4.69) is 24.4 Å². The van der Waals surface area contributed by atoms with Gasteiger partial charge in [0.2, 0.25) is 0 Å². The Morgan fingerprint density at radius 2 is 1.57 bits per heavy atom. The third-order valence-corrected chi connectivity index (χ3v) is 7.93. The van der Waals surface area contributed by atoms with Gasteiger partial charge < -0.3 is 14.8 Å². The number of furan rings is 1. The molecule has 1 aromatic heterocycles. The Hall–Kier alpha value is -1.58. The van der Waals surface area contributed by atoms with Gasteiger partial charge in [0.25, 0.3) is 0 Å². The number of rotatable bonds is 6. The largest absolute Gasteiger partial charge is 0.460 e. The molecule has 0 saturated heterocycles. The van der Waals surface area contributed by atoms with Crippen molar-refractivity contribution >= 4 is 0 Å². The summed E-state index contributed by atoms with van der Waals surface area (Å²) in [5.41, 5.74) is 2.52. The maximum Gasteiger partial charge on any atom is 0.134 e. The Morgan fingerprint density at radius 3 is 2.14 bits per heavy atom. The molecule has 2 unspecified atom stereocenters. The minimum atomic E-state index is -0.434. The van der Waals surface area contributed by atoms with Crippen molar-refractivity contribution < 1.29 is 9.52 Å². The molecule has 0 spiro atoms. The zero-order valence-corrected chi connectivity index (χ0v) is 17.2. The summed E-state index contributed by atoms with van der Waals surface area (Å²) in [5, 5.41) is 13.5. The number of aliphatic hydroxyl groups excluding tert-OH is 1. The van der Waals surface area contributed by atoms with Crippen LogP contribution in [0.3, 0.4) is 0 Å². The van der Waals surface area contributed by atoms with E-state index in [9.17, 15) is 5.11 Å². The SMILES string of the molecule is CC(O)c1ccc(-c2ccc(CNC(C)C34CC5CC(CC(C5)C3)C4)o2)cc1. The zero-order chi connectivity index (χ0) is 19.3. The summed E-state index contributed by atoms with van der Waals surface area (Å²) in [6, 6.07) is 12.7. The lowest BCUT2D eigenvalue weighted by Crippen LogP contribution is -2.54. The van der Waals surface area contributed by atoms with Crippen LogP contribution in [-0.2, 0) is 6.54 Å². The summed E-state index contributed by atoms with van der Waals surface area (Å²) in [5.74, 6) is 4.89. The first-order valence-corrected chi connectivity index (χ1v) is 11.1. The molecule has 150 valence electrons. The second kappa shape index (κ2) is 7.03. The zero-order valence-electron chi connectivity index (χ0n) is 17.2. The van der Waals surface area contributed by atoms with Crippen LogP contribution in [0.1, 0.15) is 69.8 Å². The van der Waals surface area contributed by atoms with E-state index in [1.807, 2.05) is 24.3 Å². The number of aliphatic hydroxyl groups is 1. The van der Waals surface area contributed by atoms with Crippen LogP contribution >= 0.6 is 0 Å². The van der Waals surface area contributed by atoms with Crippen molar-refractivity contribution in [1.29, 1.82) is 0 Å². The van der Waals surface area contributed by atoms with E-state index in [0.717, 1.165) is 46.9 Å². The topological polar surface area (TPSA) is 45.4 Å². The molecule has 3 heteroatoms. The average Bonchev–Trinajstić information content (AvgIpc) is 3.14. The first kappa shape index (κ1) is 18.4. The summed E-state index contributed by atoms with van der Waals surface area (Å²) < 4.78 is 6.11. The molecule has 2 N–H and O–H groups in total. The highest BCUT2D eigenvalue weighted by Crippen LogP contribution is 2.61. The Bertz CT molecular complexity index is 784. The molecular formula is C25H33NO2. The Morgan fingerprint density at radius 1 is 0.964 bits per heavy atom. The van der Waals surface area contributed by atoms with Gasteiger partial charge >= 0.3 is 0 Å². The van der Waals surface area contributed by atoms with Crippen molar-refractivity contribution in [2.45, 2.75) is 71.1 Å². The Labute approximate surface area is 168 Å². The van der Waals surface area contributed by atoms with Gasteiger partial charge in [-0.05, 0) is 93.2 Å². The first-order chi connectivity index (χ1) is 13.5. The van der Waals surface area contributed by atoms with Crippen LogP contribution in [0.2, 0.25) is 0 Å². The third kappa shape index (κ3) is 3.33. The summed E-state index contributed by atoms with van der Waals surface area (Å²) in [7, 11) is 0. The lowest BCUT2D eigenvalue weighted by atomic mass is 9.48. The average molecular weight is 380 g/mol. The molecule has 1 aromatic carbocycles. The normalized spacial score (nSPS) is 33.2. The molecular weight excluding hydrogens is 346 g/mol. The van der Waals surface area contributed by atoms with Crippen molar-refractivity contribution in [1.82, 2.24) is 5.32 Å². The van der Waals surface area contributed by atoms with E-state index in [-0.39, 0.29) is 0 Å². The van der Waals surface area contributed by atoms with Crippen molar-refractivity contribution in [2.75, 3.05) is 0 Å². The van der Waals surface area contributed by atoms with Gasteiger partial charge in [0.15, 0.2) is 0 Å². The highest BCUT2D eigenvalue weighted by Gasteiger charge is 2.52. The van der Waals surface area contributed by atoms with E-state index in [1.165, 1.54) is 38.5 Å². The fourth-order valence-electron chi connectivity index (χ4n) is 6.73. The molecule has 4 aliphatic rings. The van der Waals surface area contributed by atoms with Gasteiger partial charge in [-0.1, -0.05) is 24.3 Å². The highest BCUT2D eigenvalue weighted by molar-refractivity contribution is 5.58. The van der Waals surface area contributed by atoms with Crippen LogP contribution in [0.15, 0.2) is 40.8 Å². The van der Waals surface area contributed by atoms with E-state index >= 15 is 0 Å². The monoisotopic (exact) mass is 379 g/mol. The van der Waals surface area contributed by atoms with Crippen LogP contribution < -0.4 is 5.32 Å². The van der Waals surface area contributed by atoms with Gasteiger partial charge in [0.05, 0.1) is 12.6 Å². The molecule has 3 nitrogen and oxygen atoms in total. The molecule has 2 aromatic rings. The molecule has 0 amide bonds. The predicted molar refractivity (Wildman–Crippen MR) is 112 cm³/mol. The van der Waals surface area contributed by atoms with Gasteiger partial charge in [0, 0.05) is 11.6 Å². The summed E-state index contributed by atoms with van der Waals surface area (Å²) in [4.78, 5) is 0. The molecule has 6 rings (SSSR count). The van der Waals surface area contributed by atoms with Gasteiger partial charge in [-0.2, -0.15) is 0 Å². The summed E-state index contributed by atoms with van der Waals surface area (Å²) in [6.07, 6.45) is 8.38. The van der Waals surface area contributed by atoms with Crippen LogP contribution in [0, 0.1) is 23.2 Å². The van der Waals surface area contributed by atoms with Crippen LogP contribution in [0.5, 0.6) is 0 Å². The standard InChI is InChI=1S/C25H33NO2/c1-16(27)21-3-5-22(6-4-21)24-8-7-23(28-24)15-26-17(2)25-12-18-9-19(13-25)11-20(10-18)14-25/h3-8,16-20,26-27H,9-15H2,1-2H3. The van der Waals surface area contributed by atoms with Crippen LogP contribution in [0.4, 0.5) is 0 Å². The second-order valence-corrected chi connectivity index (χ2v) is 9.95. The lowest BCUT2D eigenvalue weighted by Gasteiger charge is -2.59. The highest BCUT2D eigenvalue weighted by atomic mass is 16.3. The molecule has 28 heavy (non-hydrogen) atoms. The van der Waals surface area contributed by atoms with Gasteiger partial charge in [0.1, 0.15) is 11.5 Å². The van der Waals surface area contributed by atoms with Gasteiger partial charge in [-0.25, -0.2) is 0 Å². The number of benzene rings is 1. The van der Waals surface area contributed by atoms with Crippen molar-refractivity contribution in [3.8, 4) is 11.3 Å². The maximum atomic E-state index is 9.67. The summed E-state index contributed by atoms with van der Waals surface area (Å²) in [6.45, 7) is 5.00. The fourth-order valence-corrected chi connectivity index (χ4v) is 6.73. The number of hydrogen-bond acceptors (Lipinski definition) is 3. The number of hydrogen-bond donors (Lipinski definition) is 2. The second-order valence-electron chi connectivity index (χ2n) is 9.95. The van der Waals surface area contributed by atoms with Crippen molar-refractivity contribution in [3.63, 3.8) is 0 Å². The molecule has 2 atom stereocenters. The molecule has 1 heterocycles. The predicted octanol–water partition coefficient (Wildman–Crippen LogP) is 5.69. The van der Waals surface area contributed by atoms with E-state index in [4.69, 9.17) is 4.42 Å². The summed E-state index contributed by atoms with van der Waals surface area (Å²) >= 11 is 0. The van der Waals surface area contributed by atoms with Gasteiger partial charge in [-0.15, -0.1) is 0 Å². The molecule has 4 saturated carbocycles.